The number of fused-ring (bicyclic) bond motifs is 5. The van der Waals surface area contributed by atoms with Gasteiger partial charge in [-0.3, -0.25) is 9.35 Å². The molecule has 6 atom stereocenters. The maximum Gasteiger partial charge on any atom is 0.312 e. The Hall–Kier alpha value is -0.620. The molecule has 3 fully saturated rings. The average molecular weight is 302 g/mol. The van der Waals surface area contributed by atoms with Crippen molar-refractivity contribution in [3.63, 3.8) is 0 Å². The van der Waals surface area contributed by atoms with E-state index < -0.39 is 31.6 Å². The Morgan fingerprint density at radius 1 is 1.40 bits per heavy atom. The summed E-state index contributed by atoms with van der Waals surface area (Å²) in [5.74, 6) is -0.412. The van der Waals surface area contributed by atoms with Crippen LogP contribution in [-0.2, 0) is 19.6 Å². The van der Waals surface area contributed by atoms with Crippen molar-refractivity contribution >= 4 is 16.1 Å². The van der Waals surface area contributed by atoms with E-state index in [1.807, 2.05) is 20.8 Å². The van der Waals surface area contributed by atoms with Gasteiger partial charge in [-0.15, -0.1) is 0 Å². The summed E-state index contributed by atoms with van der Waals surface area (Å²) >= 11 is 0. The van der Waals surface area contributed by atoms with Crippen LogP contribution < -0.4 is 0 Å². The van der Waals surface area contributed by atoms with Crippen LogP contribution in [0.25, 0.3) is 0 Å². The fraction of sp³-hybridized carbons (Fsp3) is 0.929. The zero-order valence-corrected chi connectivity index (χ0v) is 13.2. The zero-order valence-electron chi connectivity index (χ0n) is 12.3. The lowest BCUT2D eigenvalue weighted by Gasteiger charge is -2.40. The van der Waals surface area contributed by atoms with Gasteiger partial charge in [0.05, 0.1) is 17.3 Å². The summed E-state index contributed by atoms with van der Waals surface area (Å²) in [6, 6.07) is 0. The lowest BCUT2D eigenvalue weighted by Crippen LogP contribution is -2.48. The molecule has 0 aromatic rings. The molecule has 0 amide bonds. The summed E-state index contributed by atoms with van der Waals surface area (Å²) in [4.78, 5) is 12.4. The van der Waals surface area contributed by atoms with Gasteiger partial charge in [-0.05, 0) is 42.4 Å². The van der Waals surface area contributed by atoms with Crippen molar-refractivity contribution < 1.29 is 22.5 Å². The fourth-order valence-electron chi connectivity index (χ4n) is 5.85. The maximum absolute atomic E-state index is 12.4. The van der Waals surface area contributed by atoms with Gasteiger partial charge in [0.2, 0.25) is 0 Å². The standard InChI is InChI=1S/C14H22O5S/c1-5-19-11(15)14-6-9(14)12(3)7-13(14,4)8(2)10(12)20(16,17)18/h8-10H,5-7H2,1-4H3,(H,16,17,18). The van der Waals surface area contributed by atoms with Crippen molar-refractivity contribution in [2.45, 2.75) is 45.8 Å². The predicted molar refractivity (Wildman–Crippen MR) is 72.5 cm³/mol. The molecule has 6 heteroatoms. The minimum absolute atomic E-state index is 0.0159. The van der Waals surface area contributed by atoms with Gasteiger partial charge < -0.3 is 4.74 Å². The van der Waals surface area contributed by atoms with Crippen molar-refractivity contribution in [3.8, 4) is 0 Å². The van der Waals surface area contributed by atoms with Crippen LogP contribution in [0.5, 0.6) is 0 Å². The molecule has 3 rings (SSSR count). The minimum atomic E-state index is -4.10. The minimum Gasteiger partial charge on any atom is -0.466 e. The largest absolute Gasteiger partial charge is 0.466 e. The number of rotatable bonds is 3. The molecule has 114 valence electrons. The third kappa shape index (κ3) is 1.28. The Labute approximate surface area is 119 Å². The highest BCUT2D eigenvalue weighted by Gasteiger charge is 2.88. The van der Waals surface area contributed by atoms with Gasteiger partial charge in [0.1, 0.15) is 0 Å². The molecule has 5 nitrogen and oxygen atoms in total. The van der Waals surface area contributed by atoms with E-state index in [0.29, 0.717) is 19.4 Å². The van der Waals surface area contributed by atoms with Crippen molar-refractivity contribution in [2.75, 3.05) is 6.61 Å². The first-order chi connectivity index (χ1) is 9.05. The number of carbonyl (C=O) groups is 1. The van der Waals surface area contributed by atoms with E-state index in [2.05, 4.69) is 0 Å². The molecular formula is C14H22O5S. The number of ether oxygens (including phenoxy) is 1. The van der Waals surface area contributed by atoms with Crippen LogP contribution >= 0.6 is 0 Å². The number of hydrogen-bond acceptors (Lipinski definition) is 4. The van der Waals surface area contributed by atoms with Gasteiger partial charge in [-0.1, -0.05) is 20.8 Å². The first-order valence-electron chi connectivity index (χ1n) is 7.19. The van der Waals surface area contributed by atoms with Crippen molar-refractivity contribution in [1.29, 1.82) is 0 Å². The molecule has 3 saturated carbocycles. The third-order valence-electron chi connectivity index (χ3n) is 6.59. The van der Waals surface area contributed by atoms with E-state index in [9.17, 15) is 17.8 Å². The molecule has 0 saturated heterocycles. The highest BCUT2D eigenvalue weighted by atomic mass is 32.2. The van der Waals surface area contributed by atoms with Crippen molar-refractivity contribution in [3.05, 3.63) is 0 Å². The van der Waals surface area contributed by atoms with E-state index >= 15 is 0 Å². The predicted octanol–water partition coefficient (Wildman–Crippen LogP) is 1.88. The molecule has 0 radical (unpaired) electrons. The molecule has 3 aliphatic carbocycles. The van der Waals surface area contributed by atoms with Gasteiger partial charge in [0.25, 0.3) is 10.1 Å². The summed E-state index contributed by atoms with van der Waals surface area (Å²) < 4.78 is 38.4. The molecular weight excluding hydrogens is 280 g/mol. The summed E-state index contributed by atoms with van der Waals surface area (Å²) in [5, 5.41) is -0.768. The summed E-state index contributed by atoms with van der Waals surface area (Å²) in [5.41, 5.74) is -1.45. The first-order valence-corrected chi connectivity index (χ1v) is 8.69. The maximum atomic E-state index is 12.4. The normalized spacial score (nSPS) is 52.8. The second kappa shape index (κ2) is 3.58. The van der Waals surface area contributed by atoms with E-state index in [0.717, 1.165) is 0 Å². The molecule has 6 unspecified atom stereocenters. The summed E-state index contributed by atoms with van der Waals surface area (Å²) in [6.45, 7) is 7.87. The number of hydrogen-bond donors (Lipinski definition) is 1. The van der Waals surface area contributed by atoms with Crippen LogP contribution in [0.1, 0.15) is 40.5 Å². The Morgan fingerprint density at radius 3 is 2.50 bits per heavy atom. The molecule has 3 aliphatic rings. The SMILES string of the molecule is CCOC(=O)C12CC1C1(C)CC2(C)C(C)C1S(=O)(=O)O. The highest BCUT2D eigenvalue weighted by Crippen LogP contribution is 2.86. The van der Waals surface area contributed by atoms with Gasteiger partial charge >= 0.3 is 5.97 Å². The molecule has 0 heterocycles. The monoisotopic (exact) mass is 302 g/mol. The first kappa shape index (κ1) is 14.3. The smallest absolute Gasteiger partial charge is 0.312 e. The van der Waals surface area contributed by atoms with Crippen LogP contribution in [0.3, 0.4) is 0 Å². The lowest BCUT2D eigenvalue weighted by atomic mass is 9.67. The van der Waals surface area contributed by atoms with Crippen molar-refractivity contribution in [1.82, 2.24) is 0 Å². The molecule has 1 N–H and O–H groups in total. The molecule has 0 spiro atoms. The van der Waals surface area contributed by atoms with E-state index in [1.165, 1.54) is 0 Å². The number of carbonyl (C=O) groups excluding carboxylic acids is 1. The zero-order chi connectivity index (χ0) is 15.1. The van der Waals surface area contributed by atoms with Gasteiger partial charge in [-0.2, -0.15) is 8.42 Å². The summed E-state index contributed by atoms with van der Waals surface area (Å²) in [6.07, 6.45) is 1.35. The lowest BCUT2D eigenvalue weighted by molar-refractivity contribution is -0.157. The fourth-order valence-corrected chi connectivity index (χ4v) is 7.59. The molecule has 0 aromatic carbocycles. The Balaban J connectivity index is 2.07. The van der Waals surface area contributed by atoms with Crippen molar-refractivity contribution in [2.24, 2.45) is 28.1 Å². The van der Waals surface area contributed by atoms with Crippen LogP contribution in [0, 0.1) is 28.1 Å². The van der Waals surface area contributed by atoms with Crippen LogP contribution in [0.15, 0.2) is 0 Å². The Bertz CT molecular complexity index is 584. The molecule has 2 bridgehead atoms. The molecule has 0 aromatic heterocycles. The van der Waals surface area contributed by atoms with Gasteiger partial charge in [0.15, 0.2) is 0 Å². The molecule has 0 aliphatic heterocycles. The topological polar surface area (TPSA) is 80.7 Å². The Morgan fingerprint density at radius 2 is 2.00 bits per heavy atom. The van der Waals surface area contributed by atoms with E-state index in [-0.39, 0.29) is 17.8 Å². The van der Waals surface area contributed by atoms with Crippen LogP contribution in [-0.4, -0.2) is 30.8 Å². The quantitative estimate of drug-likeness (QED) is 0.636. The number of esters is 1. The molecule has 20 heavy (non-hydrogen) atoms. The van der Waals surface area contributed by atoms with E-state index in [1.54, 1.807) is 6.92 Å². The summed E-state index contributed by atoms with van der Waals surface area (Å²) in [7, 11) is -4.10. The van der Waals surface area contributed by atoms with Gasteiger partial charge in [-0.25, -0.2) is 0 Å². The second-order valence-electron chi connectivity index (χ2n) is 7.27. The van der Waals surface area contributed by atoms with Crippen LogP contribution in [0.4, 0.5) is 0 Å². The van der Waals surface area contributed by atoms with E-state index in [4.69, 9.17) is 4.74 Å². The Kier molecular flexibility index (Phi) is 2.56. The third-order valence-corrected chi connectivity index (χ3v) is 8.18. The second-order valence-corrected chi connectivity index (χ2v) is 8.81. The average Bonchev–Trinajstić information content (AvgIpc) is 2.95. The van der Waals surface area contributed by atoms with Gasteiger partial charge in [0, 0.05) is 0 Å². The van der Waals surface area contributed by atoms with Crippen LogP contribution in [0.2, 0.25) is 0 Å². The highest BCUT2D eigenvalue weighted by molar-refractivity contribution is 7.86.